The van der Waals surface area contributed by atoms with E-state index >= 15 is 0 Å². The van der Waals surface area contributed by atoms with Gasteiger partial charge in [-0.1, -0.05) is 39.0 Å². The van der Waals surface area contributed by atoms with Gasteiger partial charge < -0.3 is 14.5 Å². The molecule has 1 aromatic carbocycles. The third kappa shape index (κ3) is 4.76. The summed E-state index contributed by atoms with van der Waals surface area (Å²) in [5.41, 5.74) is 6.73. The Balaban J connectivity index is 1.58. The van der Waals surface area contributed by atoms with Gasteiger partial charge in [-0.05, 0) is 35.4 Å². The molecule has 0 aliphatic heterocycles. The summed E-state index contributed by atoms with van der Waals surface area (Å²) in [4.78, 5) is 18.1. The number of imidazole rings is 2. The number of hydrogen-bond donors (Lipinski definition) is 1. The molecule has 0 fully saturated rings. The van der Waals surface area contributed by atoms with Crippen molar-refractivity contribution in [2.24, 2.45) is 7.05 Å². The molecule has 162 valence electrons. The normalized spacial score (nSPS) is 11.9. The highest BCUT2D eigenvalue weighted by molar-refractivity contribution is 5.75. The second-order valence-electron chi connectivity index (χ2n) is 9.17. The maximum Gasteiger partial charge on any atom is 0.225 e. The molecule has 7 nitrogen and oxygen atoms in total. The lowest BCUT2D eigenvalue weighted by molar-refractivity contribution is 0.589. The van der Waals surface area contributed by atoms with Gasteiger partial charge in [0.1, 0.15) is 5.52 Å². The van der Waals surface area contributed by atoms with Crippen LogP contribution in [0, 0.1) is 6.92 Å². The number of aryl methyl sites for hydroxylation is 3. The van der Waals surface area contributed by atoms with Crippen LogP contribution in [-0.4, -0.2) is 35.6 Å². The smallest absolute Gasteiger partial charge is 0.225 e. The van der Waals surface area contributed by atoms with Crippen LogP contribution in [0.2, 0.25) is 0 Å². The molecule has 0 saturated heterocycles. The minimum Gasteiger partial charge on any atom is -0.354 e. The van der Waals surface area contributed by atoms with E-state index in [0.29, 0.717) is 5.95 Å². The van der Waals surface area contributed by atoms with Crippen molar-refractivity contribution in [1.29, 1.82) is 0 Å². The SMILES string of the molecule is Cc1ccc(C(C)(C)C)cc1Cc1nc(NCCCn2ccnc2)nc2ncn(C)c12. The van der Waals surface area contributed by atoms with Crippen molar-refractivity contribution in [1.82, 2.24) is 29.1 Å². The quantitative estimate of drug-likeness (QED) is 0.455. The van der Waals surface area contributed by atoms with Gasteiger partial charge >= 0.3 is 0 Å². The van der Waals surface area contributed by atoms with Crippen molar-refractivity contribution in [2.75, 3.05) is 11.9 Å². The van der Waals surface area contributed by atoms with Gasteiger partial charge in [0, 0.05) is 39.0 Å². The lowest BCUT2D eigenvalue weighted by atomic mass is 9.84. The van der Waals surface area contributed by atoms with Gasteiger partial charge in [-0.2, -0.15) is 4.98 Å². The average molecular weight is 418 g/mol. The molecule has 0 aliphatic carbocycles. The van der Waals surface area contributed by atoms with Crippen molar-refractivity contribution in [3.8, 4) is 0 Å². The zero-order valence-electron chi connectivity index (χ0n) is 19.1. The number of anilines is 1. The maximum absolute atomic E-state index is 4.89. The summed E-state index contributed by atoms with van der Waals surface area (Å²) in [5.74, 6) is 0.636. The molecular formula is C24H31N7. The first-order valence-corrected chi connectivity index (χ1v) is 10.8. The van der Waals surface area contributed by atoms with Gasteiger partial charge in [-0.15, -0.1) is 0 Å². The average Bonchev–Trinajstić information content (AvgIpc) is 3.36. The minimum atomic E-state index is 0.109. The first-order valence-electron chi connectivity index (χ1n) is 10.8. The van der Waals surface area contributed by atoms with Crippen LogP contribution in [0.5, 0.6) is 0 Å². The van der Waals surface area contributed by atoms with Gasteiger partial charge in [-0.3, -0.25) is 0 Å². The Kier molecular flexibility index (Phi) is 5.76. The first kappa shape index (κ1) is 21.0. The van der Waals surface area contributed by atoms with Crippen LogP contribution >= 0.6 is 0 Å². The number of hydrogen-bond acceptors (Lipinski definition) is 5. The van der Waals surface area contributed by atoms with Gasteiger partial charge in [0.15, 0.2) is 5.65 Å². The van der Waals surface area contributed by atoms with Gasteiger partial charge in [0.25, 0.3) is 0 Å². The molecule has 7 heteroatoms. The molecule has 0 bridgehead atoms. The summed E-state index contributed by atoms with van der Waals surface area (Å²) in [6.45, 7) is 10.6. The molecule has 4 rings (SSSR count). The van der Waals surface area contributed by atoms with E-state index < -0.39 is 0 Å². The number of nitrogens with one attached hydrogen (secondary N) is 1. The van der Waals surface area contributed by atoms with E-state index in [9.17, 15) is 0 Å². The fourth-order valence-electron chi connectivity index (χ4n) is 3.73. The van der Waals surface area contributed by atoms with Crippen LogP contribution in [0.25, 0.3) is 11.2 Å². The highest BCUT2D eigenvalue weighted by atomic mass is 15.2. The topological polar surface area (TPSA) is 73.5 Å². The Hall–Kier alpha value is -3.22. The fraction of sp³-hybridized carbons (Fsp3) is 0.417. The Bertz CT molecular complexity index is 1170. The maximum atomic E-state index is 4.89. The molecule has 0 saturated carbocycles. The van der Waals surface area contributed by atoms with Crippen molar-refractivity contribution in [3.63, 3.8) is 0 Å². The summed E-state index contributed by atoms with van der Waals surface area (Å²) in [5, 5.41) is 3.38. The predicted octanol–water partition coefficient (Wildman–Crippen LogP) is 4.26. The number of rotatable bonds is 7. The molecule has 0 aliphatic rings. The molecule has 0 spiro atoms. The zero-order valence-corrected chi connectivity index (χ0v) is 19.1. The molecule has 0 unspecified atom stereocenters. The van der Waals surface area contributed by atoms with Crippen LogP contribution < -0.4 is 5.32 Å². The van der Waals surface area contributed by atoms with E-state index in [1.807, 2.05) is 30.5 Å². The molecule has 3 aromatic heterocycles. The molecule has 1 N–H and O–H groups in total. The Morgan fingerprint density at radius 3 is 2.68 bits per heavy atom. The molecule has 0 atom stereocenters. The van der Waals surface area contributed by atoms with Crippen LogP contribution in [0.3, 0.4) is 0 Å². The van der Waals surface area contributed by atoms with Gasteiger partial charge in [-0.25, -0.2) is 15.0 Å². The highest BCUT2D eigenvalue weighted by Gasteiger charge is 2.17. The van der Waals surface area contributed by atoms with Crippen molar-refractivity contribution < 1.29 is 0 Å². The fourth-order valence-corrected chi connectivity index (χ4v) is 3.73. The third-order valence-corrected chi connectivity index (χ3v) is 5.65. The summed E-state index contributed by atoms with van der Waals surface area (Å²) < 4.78 is 4.08. The van der Waals surface area contributed by atoms with Crippen molar-refractivity contribution in [2.45, 2.75) is 52.5 Å². The Labute approximate surface area is 183 Å². The molecule has 0 radical (unpaired) electrons. The monoisotopic (exact) mass is 417 g/mol. The second-order valence-corrected chi connectivity index (χ2v) is 9.17. The summed E-state index contributed by atoms with van der Waals surface area (Å²) in [6.07, 6.45) is 9.13. The number of aromatic nitrogens is 6. The Morgan fingerprint density at radius 1 is 1.10 bits per heavy atom. The zero-order chi connectivity index (χ0) is 22.0. The lowest BCUT2D eigenvalue weighted by Crippen LogP contribution is -2.13. The second kappa shape index (κ2) is 8.49. The van der Waals surface area contributed by atoms with Gasteiger partial charge in [0.05, 0.1) is 18.3 Å². The molecular weight excluding hydrogens is 386 g/mol. The lowest BCUT2D eigenvalue weighted by Gasteiger charge is -2.21. The number of fused-ring (bicyclic) bond motifs is 1. The van der Waals surface area contributed by atoms with E-state index in [2.05, 4.69) is 70.7 Å². The van der Waals surface area contributed by atoms with E-state index in [-0.39, 0.29) is 5.41 Å². The summed E-state index contributed by atoms with van der Waals surface area (Å²) in [7, 11) is 2.00. The molecule has 0 amide bonds. The molecule has 4 aromatic rings. The number of benzene rings is 1. The van der Waals surface area contributed by atoms with Crippen molar-refractivity contribution in [3.05, 3.63) is 65.6 Å². The van der Waals surface area contributed by atoms with Crippen LogP contribution in [0.1, 0.15) is 49.6 Å². The predicted molar refractivity (Wildman–Crippen MR) is 124 cm³/mol. The summed E-state index contributed by atoms with van der Waals surface area (Å²) >= 11 is 0. The van der Waals surface area contributed by atoms with E-state index in [0.717, 1.165) is 42.8 Å². The van der Waals surface area contributed by atoms with E-state index in [1.165, 1.54) is 16.7 Å². The van der Waals surface area contributed by atoms with E-state index in [4.69, 9.17) is 4.98 Å². The Morgan fingerprint density at radius 2 is 1.94 bits per heavy atom. The molecule has 3 heterocycles. The van der Waals surface area contributed by atoms with Crippen LogP contribution in [-0.2, 0) is 25.4 Å². The standard InChI is InChI=1S/C24H31N7/c1-17-7-8-19(24(2,3)4)13-18(17)14-20-21-22(27-16-30(21)5)29-23(28-20)26-9-6-11-31-12-10-25-15-31/h7-8,10,12-13,15-16H,6,9,11,14H2,1-5H3,(H,26,28,29). The first-order chi connectivity index (χ1) is 14.8. The van der Waals surface area contributed by atoms with Crippen LogP contribution in [0.15, 0.2) is 43.2 Å². The number of nitrogens with zero attached hydrogens (tertiary/aromatic N) is 6. The van der Waals surface area contributed by atoms with Gasteiger partial charge in [0.2, 0.25) is 5.95 Å². The van der Waals surface area contributed by atoms with Crippen LogP contribution in [0.4, 0.5) is 5.95 Å². The highest BCUT2D eigenvalue weighted by Crippen LogP contribution is 2.27. The van der Waals surface area contributed by atoms with Crippen molar-refractivity contribution >= 4 is 17.1 Å². The largest absolute Gasteiger partial charge is 0.354 e. The molecule has 31 heavy (non-hydrogen) atoms. The third-order valence-electron chi connectivity index (χ3n) is 5.65. The minimum absolute atomic E-state index is 0.109. The van der Waals surface area contributed by atoms with E-state index in [1.54, 1.807) is 6.20 Å². The summed E-state index contributed by atoms with van der Waals surface area (Å²) in [6, 6.07) is 6.76.